The monoisotopic (exact) mass is 286 g/mol. The maximum atomic E-state index is 13.2. The molecule has 2 aromatic rings. The Kier molecular flexibility index (Phi) is 5.62. The molecule has 0 radical (unpaired) electrons. The van der Waals surface area contributed by atoms with Crippen molar-refractivity contribution >= 4 is 0 Å². The van der Waals surface area contributed by atoms with Crippen LogP contribution >= 0.6 is 0 Å². The van der Waals surface area contributed by atoms with E-state index in [1.165, 1.54) is 18.2 Å². The standard InChI is InChI=1S/C17H15FO3/c18-15-9-8-14(5-4-10-19)17(13-15)21-12-11-20-16-6-2-1-3-7-16/h1-3,6-9,13,19H,10-12H2. The van der Waals surface area contributed by atoms with Gasteiger partial charge < -0.3 is 14.6 Å². The van der Waals surface area contributed by atoms with Crippen LogP contribution in [0.1, 0.15) is 5.56 Å². The average Bonchev–Trinajstić information content (AvgIpc) is 2.52. The summed E-state index contributed by atoms with van der Waals surface area (Å²) in [6.45, 7) is 0.355. The van der Waals surface area contributed by atoms with Crippen LogP contribution in [-0.4, -0.2) is 24.9 Å². The number of para-hydroxylation sites is 1. The van der Waals surface area contributed by atoms with Crippen LogP contribution in [0.5, 0.6) is 11.5 Å². The molecule has 0 aliphatic carbocycles. The van der Waals surface area contributed by atoms with Crippen LogP contribution in [0.25, 0.3) is 0 Å². The zero-order chi connectivity index (χ0) is 14.9. The van der Waals surface area contributed by atoms with Crippen LogP contribution in [0.3, 0.4) is 0 Å². The molecule has 0 atom stereocenters. The van der Waals surface area contributed by atoms with Gasteiger partial charge in [0.2, 0.25) is 0 Å². The Bertz CT molecular complexity index is 629. The molecule has 3 nitrogen and oxygen atoms in total. The first-order chi connectivity index (χ1) is 10.3. The van der Waals surface area contributed by atoms with Gasteiger partial charge in [-0.3, -0.25) is 0 Å². The van der Waals surface area contributed by atoms with Crippen LogP contribution in [0.4, 0.5) is 4.39 Å². The Morgan fingerprint density at radius 1 is 1.00 bits per heavy atom. The van der Waals surface area contributed by atoms with Crippen molar-refractivity contribution in [3.63, 3.8) is 0 Å². The molecule has 4 heteroatoms. The second kappa shape index (κ2) is 7.93. The molecule has 1 N–H and O–H groups in total. The molecule has 0 spiro atoms. The van der Waals surface area contributed by atoms with Crippen molar-refractivity contribution in [3.8, 4) is 23.3 Å². The average molecular weight is 286 g/mol. The van der Waals surface area contributed by atoms with Crippen molar-refractivity contribution in [2.24, 2.45) is 0 Å². The molecule has 0 saturated heterocycles. The maximum absolute atomic E-state index is 13.2. The normalized spacial score (nSPS) is 9.62. The zero-order valence-electron chi connectivity index (χ0n) is 11.4. The first kappa shape index (κ1) is 14.9. The summed E-state index contributed by atoms with van der Waals surface area (Å²) in [6, 6.07) is 13.4. The largest absolute Gasteiger partial charge is 0.490 e. The molecular formula is C17H15FO3. The molecule has 0 unspecified atom stereocenters. The van der Waals surface area contributed by atoms with Gasteiger partial charge in [-0.2, -0.15) is 0 Å². The minimum absolute atomic E-state index is 0.256. The predicted octanol–water partition coefficient (Wildman–Crippen LogP) is 2.63. The van der Waals surface area contributed by atoms with Gasteiger partial charge in [0.05, 0.1) is 5.56 Å². The Morgan fingerprint density at radius 3 is 2.52 bits per heavy atom. The Morgan fingerprint density at radius 2 is 1.76 bits per heavy atom. The quantitative estimate of drug-likeness (QED) is 0.678. The van der Waals surface area contributed by atoms with Crippen LogP contribution in [0.15, 0.2) is 48.5 Å². The van der Waals surface area contributed by atoms with E-state index in [0.717, 1.165) is 5.75 Å². The predicted molar refractivity (Wildman–Crippen MR) is 77.8 cm³/mol. The summed E-state index contributed by atoms with van der Waals surface area (Å²) in [7, 11) is 0. The fourth-order valence-corrected chi connectivity index (χ4v) is 1.68. The minimum Gasteiger partial charge on any atom is -0.490 e. The van der Waals surface area contributed by atoms with Crippen molar-refractivity contribution in [1.82, 2.24) is 0 Å². The molecule has 0 bridgehead atoms. The van der Waals surface area contributed by atoms with Crippen molar-refractivity contribution in [1.29, 1.82) is 0 Å². The third kappa shape index (κ3) is 4.83. The molecule has 0 aliphatic rings. The van der Waals surface area contributed by atoms with Gasteiger partial charge >= 0.3 is 0 Å². The molecule has 21 heavy (non-hydrogen) atoms. The molecule has 2 aromatic carbocycles. The maximum Gasteiger partial charge on any atom is 0.138 e. The van der Waals surface area contributed by atoms with Gasteiger partial charge in [-0.1, -0.05) is 30.0 Å². The number of benzene rings is 2. The summed E-state index contributed by atoms with van der Waals surface area (Å²) in [4.78, 5) is 0. The SMILES string of the molecule is OCC#Cc1ccc(F)cc1OCCOc1ccccc1. The topological polar surface area (TPSA) is 38.7 Å². The number of aliphatic hydroxyl groups is 1. The van der Waals surface area contributed by atoms with E-state index in [1.807, 2.05) is 30.3 Å². The number of rotatable bonds is 5. The lowest BCUT2D eigenvalue weighted by Crippen LogP contribution is -2.09. The van der Waals surface area contributed by atoms with Crippen LogP contribution in [0, 0.1) is 17.7 Å². The minimum atomic E-state index is -0.400. The number of hydrogen-bond acceptors (Lipinski definition) is 3. The second-order valence-corrected chi connectivity index (χ2v) is 4.11. The van der Waals surface area contributed by atoms with Crippen molar-refractivity contribution in [2.75, 3.05) is 19.8 Å². The molecule has 0 aromatic heterocycles. The van der Waals surface area contributed by atoms with Crippen molar-refractivity contribution in [3.05, 3.63) is 59.9 Å². The van der Waals surface area contributed by atoms with Gasteiger partial charge in [-0.15, -0.1) is 0 Å². The summed E-state index contributed by atoms with van der Waals surface area (Å²) < 4.78 is 24.2. The van der Waals surface area contributed by atoms with E-state index in [4.69, 9.17) is 14.6 Å². The molecule has 0 fully saturated rings. The van der Waals surface area contributed by atoms with Crippen LogP contribution in [-0.2, 0) is 0 Å². The van der Waals surface area contributed by atoms with E-state index in [2.05, 4.69) is 11.8 Å². The van der Waals surface area contributed by atoms with Crippen LogP contribution in [0.2, 0.25) is 0 Å². The highest BCUT2D eigenvalue weighted by Crippen LogP contribution is 2.19. The third-order valence-electron chi connectivity index (χ3n) is 2.60. The van der Waals surface area contributed by atoms with Gasteiger partial charge in [0.25, 0.3) is 0 Å². The lowest BCUT2D eigenvalue weighted by atomic mass is 10.2. The van der Waals surface area contributed by atoms with E-state index in [0.29, 0.717) is 17.9 Å². The van der Waals surface area contributed by atoms with E-state index >= 15 is 0 Å². The number of aliphatic hydroxyl groups excluding tert-OH is 1. The lowest BCUT2D eigenvalue weighted by molar-refractivity contribution is 0.216. The summed E-state index contributed by atoms with van der Waals surface area (Å²) in [5.41, 5.74) is 0.533. The van der Waals surface area contributed by atoms with Crippen molar-refractivity contribution in [2.45, 2.75) is 0 Å². The Labute approximate surface area is 122 Å². The summed E-state index contributed by atoms with van der Waals surface area (Å²) in [6.07, 6.45) is 0. The second-order valence-electron chi connectivity index (χ2n) is 4.11. The molecule has 0 saturated carbocycles. The zero-order valence-corrected chi connectivity index (χ0v) is 11.4. The highest BCUT2D eigenvalue weighted by atomic mass is 19.1. The summed E-state index contributed by atoms with van der Waals surface area (Å²) in [5.74, 6) is 5.92. The van der Waals surface area contributed by atoms with Gasteiger partial charge in [0.1, 0.15) is 37.1 Å². The first-order valence-electron chi connectivity index (χ1n) is 6.49. The lowest BCUT2D eigenvalue weighted by Gasteiger charge is -2.10. The van der Waals surface area contributed by atoms with Gasteiger partial charge in [0, 0.05) is 6.07 Å². The number of hydrogen-bond donors (Lipinski definition) is 1. The van der Waals surface area contributed by atoms with E-state index in [-0.39, 0.29) is 13.2 Å². The molecule has 0 heterocycles. The fourth-order valence-electron chi connectivity index (χ4n) is 1.68. The number of halogens is 1. The molecule has 2 rings (SSSR count). The van der Waals surface area contributed by atoms with Gasteiger partial charge in [0.15, 0.2) is 0 Å². The molecular weight excluding hydrogens is 271 g/mol. The first-order valence-corrected chi connectivity index (χ1v) is 6.49. The fraction of sp³-hybridized carbons (Fsp3) is 0.176. The van der Waals surface area contributed by atoms with Crippen LogP contribution < -0.4 is 9.47 Å². The van der Waals surface area contributed by atoms with Gasteiger partial charge in [-0.25, -0.2) is 4.39 Å². The van der Waals surface area contributed by atoms with E-state index in [1.54, 1.807) is 0 Å². The highest BCUT2D eigenvalue weighted by molar-refractivity contribution is 5.46. The Balaban J connectivity index is 1.91. The summed E-state index contributed by atoms with van der Waals surface area (Å²) in [5, 5.41) is 8.70. The number of ether oxygens (including phenoxy) is 2. The Hall–Kier alpha value is -2.51. The third-order valence-corrected chi connectivity index (χ3v) is 2.60. The van der Waals surface area contributed by atoms with Crippen molar-refractivity contribution < 1.29 is 19.0 Å². The smallest absolute Gasteiger partial charge is 0.138 e. The molecule has 108 valence electrons. The highest BCUT2D eigenvalue weighted by Gasteiger charge is 2.03. The molecule has 0 amide bonds. The van der Waals surface area contributed by atoms with Gasteiger partial charge in [-0.05, 0) is 24.3 Å². The summed E-state index contributed by atoms with van der Waals surface area (Å²) >= 11 is 0. The molecule has 0 aliphatic heterocycles. The van der Waals surface area contributed by atoms with E-state index in [9.17, 15) is 4.39 Å². The van der Waals surface area contributed by atoms with E-state index < -0.39 is 5.82 Å².